The van der Waals surface area contributed by atoms with Crippen molar-refractivity contribution in [3.05, 3.63) is 23.8 Å². The smallest absolute Gasteiger partial charge is 0.229 e. The first-order chi connectivity index (χ1) is 8.16. The summed E-state index contributed by atoms with van der Waals surface area (Å²) in [5, 5.41) is 0. The standard InChI is InChI=1S/C14H17NO2/c1-9(2)17-12-5-3-4-10-6-7-11-8-13(16)15(11)14(10)12/h3-5,9,11H,6-8H2,1-2H3. The highest BCUT2D eigenvalue weighted by Crippen LogP contribution is 2.44. The van der Waals surface area contributed by atoms with Crippen molar-refractivity contribution in [2.45, 2.75) is 45.3 Å². The molecule has 0 radical (unpaired) electrons. The van der Waals surface area contributed by atoms with Crippen LogP contribution in [-0.2, 0) is 11.2 Å². The van der Waals surface area contributed by atoms with Crippen molar-refractivity contribution in [3.63, 3.8) is 0 Å². The number of para-hydroxylation sites is 1. The van der Waals surface area contributed by atoms with Gasteiger partial charge in [0.15, 0.2) is 0 Å². The highest BCUT2D eigenvalue weighted by molar-refractivity contribution is 6.03. The van der Waals surface area contributed by atoms with E-state index < -0.39 is 0 Å². The van der Waals surface area contributed by atoms with Gasteiger partial charge >= 0.3 is 0 Å². The number of nitrogens with zero attached hydrogens (tertiary/aromatic N) is 1. The Labute approximate surface area is 101 Å². The largest absolute Gasteiger partial charge is 0.489 e. The predicted molar refractivity (Wildman–Crippen MR) is 66.4 cm³/mol. The Kier molecular flexibility index (Phi) is 2.35. The fourth-order valence-corrected chi connectivity index (χ4v) is 2.73. The van der Waals surface area contributed by atoms with Crippen LogP contribution >= 0.6 is 0 Å². The minimum Gasteiger partial charge on any atom is -0.489 e. The zero-order valence-corrected chi connectivity index (χ0v) is 10.3. The van der Waals surface area contributed by atoms with Gasteiger partial charge in [-0.2, -0.15) is 0 Å². The summed E-state index contributed by atoms with van der Waals surface area (Å²) >= 11 is 0. The number of β-lactam (4-membered cyclic amide) rings is 1. The second kappa shape index (κ2) is 3.76. The summed E-state index contributed by atoms with van der Waals surface area (Å²) in [6.07, 6.45) is 2.98. The number of amides is 1. The molecule has 1 unspecified atom stereocenters. The first kappa shape index (κ1) is 10.6. The number of ether oxygens (including phenoxy) is 1. The number of rotatable bonds is 2. The summed E-state index contributed by atoms with van der Waals surface area (Å²) in [6.45, 7) is 4.02. The monoisotopic (exact) mass is 231 g/mol. The summed E-state index contributed by atoms with van der Waals surface area (Å²) in [6, 6.07) is 6.49. The number of aryl methyl sites for hydroxylation is 1. The first-order valence-electron chi connectivity index (χ1n) is 6.27. The molecule has 1 fully saturated rings. The maximum absolute atomic E-state index is 11.7. The molecule has 1 aromatic carbocycles. The molecule has 1 atom stereocenters. The molecular weight excluding hydrogens is 214 g/mol. The highest BCUT2D eigenvalue weighted by Gasteiger charge is 2.42. The zero-order valence-electron chi connectivity index (χ0n) is 10.3. The summed E-state index contributed by atoms with van der Waals surface area (Å²) < 4.78 is 5.82. The number of anilines is 1. The van der Waals surface area contributed by atoms with Crippen LogP contribution in [0.5, 0.6) is 5.75 Å². The van der Waals surface area contributed by atoms with E-state index in [1.165, 1.54) is 5.56 Å². The van der Waals surface area contributed by atoms with Crippen molar-refractivity contribution >= 4 is 11.6 Å². The minimum atomic E-state index is 0.137. The molecule has 0 spiro atoms. The number of carbonyl (C=O) groups excluding carboxylic acids is 1. The van der Waals surface area contributed by atoms with Crippen LogP contribution in [0.3, 0.4) is 0 Å². The van der Waals surface area contributed by atoms with Crippen molar-refractivity contribution < 1.29 is 9.53 Å². The highest BCUT2D eigenvalue weighted by atomic mass is 16.5. The van der Waals surface area contributed by atoms with Crippen molar-refractivity contribution in [1.29, 1.82) is 0 Å². The van der Waals surface area contributed by atoms with Crippen LogP contribution < -0.4 is 9.64 Å². The van der Waals surface area contributed by atoms with Crippen LogP contribution in [0, 0.1) is 0 Å². The number of benzene rings is 1. The van der Waals surface area contributed by atoms with Gasteiger partial charge in [-0.05, 0) is 38.3 Å². The second-order valence-corrected chi connectivity index (χ2v) is 5.09. The molecule has 3 heteroatoms. The fourth-order valence-electron chi connectivity index (χ4n) is 2.73. The number of fused-ring (bicyclic) bond motifs is 3. The predicted octanol–water partition coefficient (Wildman–Crippen LogP) is 2.53. The molecule has 3 nitrogen and oxygen atoms in total. The maximum Gasteiger partial charge on any atom is 0.229 e. The molecule has 0 aromatic heterocycles. The lowest BCUT2D eigenvalue weighted by Gasteiger charge is -2.45. The van der Waals surface area contributed by atoms with Gasteiger partial charge in [0, 0.05) is 12.5 Å². The summed E-state index contributed by atoms with van der Waals surface area (Å²) in [5.41, 5.74) is 2.26. The molecule has 0 N–H and O–H groups in total. The Morgan fingerprint density at radius 3 is 2.94 bits per heavy atom. The Morgan fingerprint density at radius 1 is 1.41 bits per heavy atom. The molecule has 2 aliphatic rings. The Hall–Kier alpha value is -1.51. The van der Waals surface area contributed by atoms with Crippen LogP contribution in [0.4, 0.5) is 5.69 Å². The molecule has 2 aliphatic heterocycles. The van der Waals surface area contributed by atoms with Gasteiger partial charge in [0.05, 0.1) is 11.8 Å². The Morgan fingerprint density at radius 2 is 2.24 bits per heavy atom. The number of hydrogen-bond donors (Lipinski definition) is 0. The molecule has 0 saturated carbocycles. The first-order valence-corrected chi connectivity index (χ1v) is 6.27. The lowest BCUT2D eigenvalue weighted by molar-refractivity contribution is -0.124. The van der Waals surface area contributed by atoms with E-state index in [0.717, 1.165) is 24.3 Å². The normalized spacial score (nSPS) is 21.9. The molecule has 90 valence electrons. The summed E-state index contributed by atoms with van der Waals surface area (Å²) in [7, 11) is 0. The van der Waals surface area contributed by atoms with E-state index in [0.29, 0.717) is 12.5 Å². The van der Waals surface area contributed by atoms with Gasteiger partial charge in [0.1, 0.15) is 5.75 Å². The van der Waals surface area contributed by atoms with E-state index in [9.17, 15) is 4.79 Å². The van der Waals surface area contributed by atoms with Crippen LogP contribution in [0.2, 0.25) is 0 Å². The van der Waals surface area contributed by atoms with E-state index in [2.05, 4.69) is 6.07 Å². The van der Waals surface area contributed by atoms with Crippen molar-refractivity contribution in [1.82, 2.24) is 0 Å². The van der Waals surface area contributed by atoms with Gasteiger partial charge in [0.25, 0.3) is 0 Å². The number of carbonyl (C=O) groups is 1. The molecule has 2 heterocycles. The molecule has 0 aliphatic carbocycles. The topological polar surface area (TPSA) is 29.5 Å². The van der Waals surface area contributed by atoms with Gasteiger partial charge in [-0.15, -0.1) is 0 Å². The van der Waals surface area contributed by atoms with Gasteiger partial charge in [0.2, 0.25) is 5.91 Å². The van der Waals surface area contributed by atoms with Crippen molar-refractivity contribution in [2.75, 3.05) is 4.90 Å². The zero-order chi connectivity index (χ0) is 12.0. The molecule has 17 heavy (non-hydrogen) atoms. The third-order valence-corrected chi connectivity index (χ3v) is 3.48. The van der Waals surface area contributed by atoms with Crippen molar-refractivity contribution in [2.24, 2.45) is 0 Å². The van der Waals surface area contributed by atoms with Crippen molar-refractivity contribution in [3.8, 4) is 5.75 Å². The molecular formula is C14H17NO2. The maximum atomic E-state index is 11.7. The van der Waals surface area contributed by atoms with Crippen LogP contribution in [0.1, 0.15) is 32.3 Å². The van der Waals surface area contributed by atoms with E-state index in [-0.39, 0.29) is 12.0 Å². The lowest BCUT2D eigenvalue weighted by atomic mass is 9.87. The van der Waals surface area contributed by atoms with Gasteiger partial charge in [-0.1, -0.05) is 12.1 Å². The average molecular weight is 231 g/mol. The summed E-state index contributed by atoms with van der Waals surface area (Å²) in [4.78, 5) is 13.7. The van der Waals surface area contributed by atoms with E-state index in [4.69, 9.17) is 4.74 Å². The third kappa shape index (κ3) is 1.61. The van der Waals surface area contributed by atoms with E-state index in [1.54, 1.807) is 0 Å². The number of hydrogen-bond acceptors (Lipinski definition) is 2. The van der Waals surface area contributed by atoms with E-state index >= 15 is 0 Å². The lowest BCUT2D eigenvalue weighted by Crippen LogP contribution is -2.55. The van der Waals surface area contributed by atoms with Crippen LogP contribution in [-0.4, -0.2) is 18.1 Å². The molecule has 0 bridgehead atoms. The van der Waals surface area contributed by atoms with E-state index in [1.807, 2.05) is 30.9 Å². The summed E-state index contributed by atoms with van der Waals surface area (Å²) in [5.74, 6) is 1.09. The minimum absolute atomic E-state index is 0.137. The molecule has 1 aromatic rings. The quantitative estimate of drug-likeness (QED) is 0.732. The van der Waals surface area contributed by atoms with Crippen LogP contribution in [0.15, 0.2) is 18.2 Å². The van der Waals surface area contributed by atoms with Gasteiger partial charge in [-0.3, -0.25) is 4.79 Å². The molecule has 3 rings (SSSR count). The third-order valence-electron chi connectivity index (χ3n) is 3.48. The second-order valence-electron chi connectivity index (χ2n) is 5.09. The fraction of sp³-hybridized carbons (Fsp3) is 0.500. The molecule has 1 saturated heterocycles. The van der Waals surface area contributed by atoms with Gasteiger partial charge < -0.3 is 9.64 Å². The Bertz CT molecular complexity index is 467. The van der Waals surface area contributed by atoms with Crippen LogP contribution in [0.25, 0.3) is 0 Å². The van der Waals surface area contributed by atoms with Gasteiger partial charge in [-0.25, -0.2) is 0 Å². The molecule has 1 amide bonds. The average Bonchev–Trinajstić information content (AvgIpc) is 2.26. The SMILES string of the molecule is CC(C)Oc1cccc2c1N1C(=O)CC1CC2. The Balaban J connectivity index is 2.04.